The Bertz CT molecular complexity index is 1060. The first-order valence-electron chi connectivity index (χ1n) is 10.1. The van der Waals surface area contributed by atoms with Crippen LogP contribution in [0.1, 0.15) is 38.4 Å². The zero-order valence-electron chi connectivity index (χ0n) is 16.9. The van der Waals surface area contributed by atoms with Gasteiger partial charge in [-0.1, -0.05) is 18.2 Å². The van der Waals surface area contributed by atoms with Gasteiger partial charge in [0.2, 0.25) is 0 Å². The molecular weight excluding hydrogens is 378 g/mol. The molecule has 1 unspecified atom stereocenters. The lowest BCUT2D eigenvalue weighted by Gasteiger charge is -2.18. The average molecular weight is 403 g/mol. The fourth-order valence-electron chi connectivity index (χ4n) is 3.93. The first-order chi connectivity index (χ1) is 14.5. The van der Waals surface area contributed by atoms with E-state index in [1.165, 1.54) is 0 Å². The summed E-state index contributed by atoms with van der Waals surface area (Å²) in [4.78, 5) is 30.1. The van der Waals surface area contributed by atoms with Gasteiger partial charge in [-0.25, -0.2) is 0 Å². The summed E-state index contributed by atoms with van der Waals surface area (Å²) >= 11 is 0. The SMILES string of the molecule is Cc1ccc(C(=O)N2CCC(Cc3cccc(O)c3)C2)cc1NC(=O)c1ccc[nH]1. The molecule has 3 N–H and O–H groups in total. The summed E-state index contributed by atoms with van der Waals surface area (Å²) < 4.78 is 0. The molecule has 1 aliphatic rings. The Kier molecular flexibility index (Phi) is 5.57. The molecule has 6 nitrogen and oxygen atoms in total. The van der Waals surface area contributed by atoms with Crippen molar-refractivity contribution in [3.63, 3.8) is 0 Å². The monoisotopic (exact) mass is 403 g/mol. The number of hydrogen-bond donors (Lipinski definition) is 3. The number of aromatic amines is 1. The number of nitrogens with zero attached hydrogens (tertiary/aromatic N) is 1. The van der Waals surface area contributed by atoms with E-state index in [4.69, 9.17) is 0 Å². The Morgan fingerprint density at radius 1 is 1.17 bits per heavy atom. The van der Waals surface area contributed by atoms with Gasteiger partial charge >= 0.3 is 0 Å². The van der Waals surface area contributed by atoms with Crippen LogP contribution < -0.4 is 5.32 Å². The highest BCUT2D eigenvalue weighted by Gasteiger charge is 2.27. The lowest BCUT2D eigenvalue weighted by Crippen LogP contribution is -2.29. The lowest BCUT2D eigenvalue weighted by molar-refractivity contribution is 0.0786. The van der Waals surface area contributed by atoms with Crippen LogP contribution in [0.5, 0.6) is 5.75 Å². The van der Waals surface area contributed by atoms with Crippen molar-refractivity contribution in [2.45, 2.75) is 19.8 Å². The maximum absolute atomic E-state index is 13.0. The molecule has 0 bridgehead atoms. The van der Waals surface area contributed by atoms with Gasteiger partial charge in [-0.05, 0) is 73.2 Å². The van der Waals surface area contributed by atoms with E-state index in [9.17, 15) is 14.7 Å². The Labute approximate surface area is 175 Å². The van der Waals surface area contributed by atoms with E-state index >= 15 is 0 Å². The molecule has 1 aliphatic heterocycles. The van der Waals surface area contributed by atoms with Crippen molar-refractivity contribution >= 4 is 17.5 Å². The molecule has 2 amide bonds. The van der Waals surface area contributed by atoms with E-state index < -0.39 is 0 Å². The van der Waals surface area contributed by atoms with Crippen LogP contribution in [-0.4, -0.2) is 39.9 Å². The number of aryl methyl sites for hydroxylation is 1. The average Bonchev–Trinajstić information content (AvgIpc) is 3.41. The summed E-state index contributed by atoms with van der Waals surface area (Å²) in [6, 6.07) is 16.2. The number of carbonyl (C=O) groups is 2. The molecule has 0 spiro atoms. The second-order valence-corrected chi connectivity index (χ2v) is 7.85. The first-order valence-corrected chi connectivity index (χ1v) is 10.1. The van der Waals surface area contributed by atoms with Crippen molar-refractivity contribution in [1.82, 2.24) is 9.88 Å². The van der Waals surface area contributed by atoms with Crippen molar-refractivity contribution < 1.29 is 14.7 Å². The van der Waals surface area contributed by atoms with Crippen LogP contribution in [-0.2, 0) is 6.42 Å². The van der Waals surface area contributed by atoms with Gasteiger partial charge in [-0.2, -0.15) is 0 Å². The molecule has 0 radical (unpaired) electrons. The molecule has 2 heterocycles. The third kappa shape index (κ3) is 4.38. The molecule has 154 valence electrons. The number of aromatic hydroxyl groups is 1. The van der Waals surface area contributed by atoms with Crippen molar-refractivity contribution in [3.8, 4) is 5.75 Å². The molecule has 1 aromatic heterocycles. The molecular formula is C24H25N3O3. The Morgan fingerprint density at radius 2 is 2.03 bits per heavy atom. The molecule has 30 heavy (non-hydrogen) atoms. The molecule has 6 heteroatoms. The second-order valence-electron chi connectivity index (χ2n) is 7.85. The fraction of sp³-hybridized carbons (Fsp3) is 0.250. The predicted molar refractivity (Wildman–Crippen MR) is 116 cm³/mol. The summed E-state index contributed by atoms with van der Waals surface area (Å²) in [6.07, 6.45) is 3.47. The standard InChI is InChI=1S/C24H25N3O3/c1-16-7-8-19(14-22(16)26-23(29)21-6-3-10-25-21)24(30)27-11-9-18(15-27)12-17-4-2-5-20(28)13-17/h2-8,10,13-14,18,25,28H,9,11-12,15H2,1H3,(H,26,29). The minimum Gasteiger partial charge on any atom is -0.508 e. The van der Waals surface area contributed by atoms with Gasteiger partial charge in [0.1, 0.15) is 11.4 Å². The van der Waals surface area contributed by atoms with Crippen molar-refractivity contribution in [2.24, 2.45) is 5.92 Å². The second kappa shape index (κ2) is 8.45. The Balaban J connectivity index is 1.42. The van der Waals surface area contributed by atoms with Crippen LogP contribution in [0.2, 0.25) is 0 Å². The predicted octanol–water partition coefficient (Wildman–Crippen LogP) is 3.99. The van der Waals surface area contributed by atoms with Crippen LogP contribution in [0.25, 0.3) is 0 Å². The molecule has 3 aromatic rings. The smallest absolute Gasteiger partial charge is 0.272 e. The highest BCUT2D eigenvalue weighted by Crippen LogP contribution is 2.25. The van der Waals surface area contributed by atoms with Crippen molar-refractivity contribution in [3.05, 3.63) is 83.2 Å². The highest BCUT2D eigenvalue weighted by molar-refractivity contribution is 6.04. The minimum atomic E-state index is -0.236. The zero-order chi connectivity index (χ0) is 21.1. The molecule has 1 atom stereocenters. The van der Waals surface area contributed by atoms with E-state index in [1.807, 2.05) is 36.1 Å². The summed E-state index contributed by atoms with van der Waals surface area (Å²) in [5, 5.41) is 12.5. The highest BCUT2D eigenvalue weighted by atomic mass is 16.3. The lowest BCUT2D eigenvalue weighted by atomic mass is 9.98. The summed E-state index contributed by atoms with van der Waals surface area (Å²) in [5.74, 6) is 0.379. The zero-order valence-corrected chi connectivity index (χ0v) is 16.9. The van der Waals surface area contributed by atoms with Gasteiger partial charge in [-0.3, -0.25) is 9.59 Å². The molecule has 0 saturated carbocycles. The number of amides is 2. The fourth-order valence-corrected chi connectivity index (χ4v) is 3.93. The topological polar surface area (TPSA) is 85.4 Å². The third-order valence-corrected chi connectivity index (χ3v) is 5.58. The largest absolute Gasteiger partial charge is 0.508 e. The number of aromatic nitrogens is 1. The van der Waals surface area contributed by atoms with E-state index in [-0.39, 0.29) is 17.6 Å². The van der Waals surface area contributed by atoms with Gasteiger partial charge in [0.25, 0.3) is 11.8 Å². The molecule has 1 fully saturated rings. The summed E-state index contributed by atoms with van der Waals surface area (Å²) in [7, 11) is 0. The summed E-state index contributed by atoms with van der Waals surface area (Å²) in [6.45, 7) is 3.30. The van der Waals surface area contributed by atoms with Crippen LogP contribution in [0.3, 0.4) is 0 Å². The van der Waals surface area contributed by atoms with E-state index in [0.717, 1.165) is 24.0 Å². The third-order valence-electron chi connectivity index (χ3n) is 5.58. The normalized spacial score (nSPS) is 15.9. The number of carbonyl (C=O) groups excluding carboxylic acids is 2. The minimum absolute atomic E-state index is 0.0243. The Hall–Kier alpha value is -3.54. The summed E-state index contributed by atoms with van der Waals surface area (Å²) in [5.41, 5.74) is 3.66. The molecule has 4 rings (SSSR count). The number of phenolic OH excluding ortho intramolecular Hbond substituents is 1. The van der Waals surface area contributed by atoms with Crippen molar-refractivity contribution in [1.29, 1.82) is 0 Å². The maximum Gasteiger partial charge on any atom is 0.272 e. The van der Waals surface area contributed by atoms with Gasteiger partial charge in [0.05, 0.1) is 0 Å². The van der Waals surface area contributed by atoms with Crippen LogP contribution >= 0.6 is 0 Å². The maximum atomic E-state index is 13.0. The number of nitrogens with one attached hydrogen (secondary N) is 2. The van der Waals surface area contributed by atoms with Crippen LogP contribution in [0, 0.1) is 12.8 Å². The number of H-pyrrole nitrogens is 1. The van der Waals surface area contributed by atoms with Gasteiger partial charge < -0.3 is 20.3 Å². The molecule has 0 aliphatic carbocycles. The van der Waals surface area contributed by atoms with Gasteiger partial charge in [-0.15, -0.1) is 0 Å². The van der Waals surface area contributed by atoms with Crippen LogP contribution in [0.4, 0.5) is 5.69 Å². The number of anilines is 1. The van der Waals surface area contributed by atoms with E-state index in [2.05, 4.69) is 10.3 Å². The number of phenols is 1. The molecule has 1 saturated heterocycles. The van der Waals surface area contributed by atoms with Crippen molar-refractivity contribution in [2.75, 3.05) is 18.4 Å². The number of rotatable bonds is 5. The first kappa shape index (κ1) is 19.8. The van der Waals surface area contributed by atoms with Crippen LogP contribution in [0.15, 0.2) is 60.8 Å². The number of benzene rings is 2. The Morgan fingerprint density at radius 3 is 2.80 bits per heavy atom. The van der Waals surface area contributed by atoms with E-state index in [0.29, 0.717) is 36.0 Å². The van der Waals surface area contributed by atoms with E-state index in [1.54, 1.807) is 36.5 Å². The van der Waals surface area contributed by atoms with Gasteiger partial charge in [0.15, 0.2) is 0 Å². The van der Waals surface area contributed by atoms with Gasteiger partial charge in [0, 0.05) is 30.5 Å². The molecule has 2 aromatic carbocycles. The number of hydrogen-bond acceptors (Lipinski definition) is 3. The quantitative estimate of drug-likeness (QED) is 0.602. The number of likely N-dealkylation sites (tertiary alicyclic amines) is 1.